The van der Waals surface area contributed by atoms with Gasteiger partial charge >= 0.3 is 17.8 Å². The number of ether oxygens (including phenoxy) is 2. The molecule has 0 radical (unpaired) electrons. The third kappa shape index (κ3) is 14.3. The van der Waals surface area contributed by atoms with E-state index < -0.39 is 49.3 Å². The molecule has 0 spiro atoms. The van der Waals surface area contributed by atoms with E-state index in [1.807, 2.05) is 19.2 Å². The largest absolute Gasteiger partial charge is 0.471 e. The fourth-order valence-corrected chi connectivity index (χ4v) is 6.85. The molecule has 0 unspecified atom stereocenters. The van der Waals surface area contributed by atoms with Crippen molar-refractivity contribution in [3.8, 4) is 11.8 Å². The van der Waals surface area contributed by atoms with Crippen molar-refractivity contribution in [1.29, 1.82) is 0 Å². The standard InChI is InChI=1S/C31H49F3N6O6S2Si/c1-21(2)38-46-23-15-25(45-24(23)17-44-49(10,11)29(3,4)5)40-16-22(26(37-28(40)42)36-19-39(8)9)13-12-14-43-20-47-48-30(6,7)18-35-27(41)31(32,33)34/h16,19,23-25H,14-15,17-18,20H2,1-11H3,(H,35,41)/t23-,24-,25-/m1/s1. The van der Waals surface area contributed by atoms with Gasteiger partial charge < -0.3 is 29.0 Å². The number of carbonyl (C=O) groups is 1. The SMILES string of the molecule is CC(C)=NO[C@@H]1C[C@H](n2cc(C#CCOCSSC(C)(C)CNC(=O)C(F)(F)F)c(N=CN(C)C)nc2=O)O[C@@H]1CO[Si](C)(C)C(C)(C)C. The van der Waals surface area contributed by atoms with Gasteiger partial charge in [0.25, 0.3) is 0 Å². The van der Waals surface area contributed by atoms with Crippen LogP contribution < -0.4 is 11.0 Å². The average molecular weight is 751 g/mol. The Bertz CT molecular complexity index is 1450. The Kier molecular flexibility index (Phi) is 15.7. The molecular formula is C31H49F3N6O6S2Si. The number of amides is 1. The Morgan fingerprint density at radius 1 is 1.24 bits per heavy atom. The van der Waals surface area contributed by atoms with E-state index in [9.17, 15) is 22.8 Å². The summed E-state index contributed by atoms with van der Waals surface area (Å²) in [6.45, 7) is 18.0. The van der Waals surface area contributed by atoms with Crippen LogP contribution >= 0.6 is 21.6 Å². The van der Waals surface area contributed by atoms with Crippen molar-refractivity contribution < 1.29 is 36.7 Å². The second kappa shape index (κ2) is 18.1. The van der Waals surface area contributed by atoms with Crippen LogP contribution in [-0.4, -0.2) is 104 Å². The van der Waals surface area contributed by atoms with Crippen LogP contribution in [0, 0.1) is 11.8 Å². The molecule has 1 aromatic heterocycles. The zero-order valence-electron chi connectivity index (χ0n) is 30.1. The van der Waals surface area contributed by atoms with Crippen molar-refractivity contribution in [3.05, 3.63) is 22.2 Å². The number of aromatic nitrogens is 2. The summed E-state index contributed by atoms with van der Waals surface area (Å²) in [5, 5.41) is 6.04. The molecule has 0 aromatic carbocycles. The summed E-state index contributed by atoms with van der Waals surface area (Å²) in [7, 11) is 4.01. The lowest BCUT2D eigenvalue weighted by Crippen LogP contribution is -2.44. The molecule has 1 fully saturated rings. The quantitative estimate of drug-likeness (QED) is 0.0348. The van der Waals surface area contributed by atoms with Crippen molar-refractivity contribution in [2.45, 2.75) is 102 Å². The molecule has 0 saturated carbocycles. The molecule has 1 saturated heterocycles. The van der Waals surface area contributed by atoms with Gasteiger partial charge in [-0.15, -0.1) is 0 Å². The molecule has 2 heterocycles. The molecule has 1 aliphatic heterocycles. The van der Waals surface area contributed by atoms with Gasteiger partial charge in [-0.25, -0.2) is 9.79 Å². The number of carbonyl (C=O) groups excluding carboxylic acids is 1. The molecule has 3 atom stereocenters. The van der Waals surface area contributed by atoms with Gasteiger partial charge in [-0.2, -0.15) is 18.2 Å². The van der Waals surface area contributed by atoms with Gasteiger partial charge in [0.05, 0.1) is 24.2 Å². The molecule has 18 heteroatoms. The first-order valence-electron chi connectivity index (χ1n) is 15.5. The molecule has 12 nitrogen and oxygen atoms in total. The van der Waals surface area contributed by atoms with Crippen LogP contribution in [0.1, 0.15) is 66.7 Å². The summed E-state index contributed by atoms with van der Waals surface area (Å²) in [6, 6.07) is 0. The molecule has 0 bridgehead atoms. The van der Waals surface area contributed by atoms with E-state index in [-0.39, 0.29) is 36.6 Å². The highest BCUT2D eigenvalue weighted by Gasteiger charge is 2.43. The highest BCUT2D eigenvalue weighted by atomic mass is 33.1. The predicted octanol–water partition coefficient (Wildman–Crippen LogP) is 5.72. The second-order valence-electron chi connectivity index (χ2n) is 13.9. The third-order valence-electron chi connectivity index (χ3n) is 7.36. The maximum Gasteiger partial charge on any atom is 0.471 e. The van der Waals surface area contributed by atoms with Crippen LogP contribution in [0.15, 0.2) is 21.1 Å². The summed E-state index contributed by atoms with van der Waals surface area (Å²) in [6.07, 6.45) is -3.20. The van der Waals surface area contributed by atoms with Gasteiger partial charge in [0.1, 0.15) is 24.9 Å². The van der Waals surface area contributed by atoms with Gasteiger partial charge in [0, 0.05) is 38.0 Å². The monoisotopic (exact) mass is 750 g/mol. The van der Waals surface area contributed by atoms with E-state index in [2.05, 4.69) is 60.8 Å². The average Bonchev–Trinajstić information content (AvgIpc) is 3.38. The maximum atomic E-state index is 13.2. The fraction of sp³-hybridized carbons (Fsp3) is 0.710. The van der Waals surface area contributed by atoms with Crippen molar-refractivity contribution in [3.63, 3.8) is 0 Å². The lowest BCUT2D eigenvalue weighted by Gasteiger charge is -2.37. The molecule has 2 rings (SSSR count). The topological polar surface area (TPSA) is 129 Å². The minimum Gasteiger partial charge on any atom is -0.414 e. The Balaban J connectivity index is 2.18. The first-order chi connectivity index (χ1) is 22.5. The van der Waals surface area contributed by atoms with Gasteiger partial charge in [-0.3, -0.25) is 9.36 Å². The van der Waals surface area contributed by atoms with Gasteiger partial charge in [-0.05, 0) is 45.8 Å². The molecule has 1 aromatic rings. The Labute approximate surface area is 295 Å². The van der Waals surface area contributed by atoms with Crippen LogP contribution in [0.25, 0.3) is 0 Å². The number of hydrogen-bond donors (Lipinski definition) is 1. The lowest BCUT2D eigenvalue weighted by molar-refractivity contribution is -0.173. The second-order valence-corrected chi connectivity index (χ2v) is 21.7. The maximum absolute atomic E-state index is 13.2. The molecule has 1 aliphatic rings. The first-order valence-corrected chi connectivity index (χ1v) is 20.8. The van der Waals surface area contributed by atoms with Crippen LogP contribution in [-0.2, 0) is 23.5 Å². The Morgan fingerprint density at radius 3 is 2.51 bits per heavy atom. The Morgan fingerprint density at radius 2 is 1.92 bits per heavy atom. The number of alkyl halides is 3. The van der Waals surface area contributed by atoms with E-state index >= 15 is 0 Å². The van der Waals surface area contributed by atoms with Gasteiger partial charge in [0.2, 0.25) is 0 Å². The number of nitrogens with one attached hydrogen (secondary N) is 1. The molecule has 276 valence electrons. The Hall–Kier alpha value is -2.56. The summed E-state index contributed by atoms with van der Waals surface area (Å²) in [5.74, 6) is 4.23. The van der Waals surface area contributed by atoms with E-state index in [0.717, 1.165) is 5.71 Å². The summed E-state index contributed by atoms with van der Waals surface area (Å²) >= 11 is 0. The third-order valence-corrected chi connectivity index (χ3v) is 14.8. The van der Waals surface area contributed by atoms with Gasteiger partial charge in [-0.1, -0.05) is 59.4 Å². The molecule has 0 aliphatic carbocycles. The van der Waals surface area contributed by atoms with Gasteiger partial charge in [0.15, 0.2) is 20.2 Å². The zero-order valence-corrected chi connectivity index (χ0v) is 32.7. The van der Waals surface area contributed by atoms with Crippen LogP contribution in [0.5, 0.6) is 0 Å². The van der Waals surface area contributed by atoms with E-state index in [1.165, 1.54) is 32.5 Å². The first kappa shape index (κ1) is 42.6. The van der Waals surface area contributed by atoms with Crippen molar-refractivity contribution in [2.24, 2.45) is 10.1 Å². The van der Waals surface area contributed by atoms with E-state index in [1.54, 1.807) is 39.0 Å². The highest BCUT2D eigenvalue weighted by molar-refractivity contribution is 8.77. The lowest BCUT2D eigenvalue weighted by atomic mass is 10.2. The number of hydrogen-bond acceptors (Lipinski definition) is 11. The predicted molar refractivity (Wildman–Crippen MR) is 192 cm³/mol. The summed E-state index contributed by atoms with van der Waals surface area (Å²) in [4.78, 5) is 40.4. The number of halogens is 3. The van der Waals surface area contributed by atoms with Crippen molar-refractivity contribution in [2.75, 3.05) is 39.8 Å². The highest BCUT2D eigenvalue weighted by Crippen LogP contribution is 2.38. The van der Waals surface area contributed by atoms with E-state index in [0.29, 0.717) is 12.0 Å². The van der Waals surface area contributed by atoms with Crippen LogP contribution in [0.3, 0.4) is 0 Å². The zero-order chi connectivity index (χ0) is 37.2. The summed E-state index contributed by atoms with van der Waals surface area (Å²) in [5.41, 5.74) is 0.541. The number of nitrogens with zero attached hydrogens (tertiary/aromatic N) is 5. The number of oxime groups is 1. The minimum atomic E-state index is -4.93. The normalized spacial score (nSPS) is 18.6. The number of rotatable bonds is 15. The number of aliphatic imine (C=N–C) groups is 1. The van der Waals surface area contributed by atoms with Crippen LogP contribution in [0.4, 0.5) is 19.0 Å². The van der Waals surface area contributed by atoms with Crippen molar-refractivity contribution in [1.82, 2.24) is 19.8 Å². The van der Waals surface area contributed by atoms with Crippen molar-refractivity contribution >= 4 is 53.7 Å². The molecule has 1 N–H and O–H groups in total. The smallest absolute Gasteiger partial charge is 0.414 e. The fourth-order valence-electron chi connectivity index (χ4n) is 3.70. The van der Waals surface area contributed by atoms with Crippen LogP contribution in [0.2, 0.25) is 18.1 Å². The molecule has 49 heavy (non-hydrogen) atoms. The summed E-state index contributed by atoms with van der Waals surface area (Å²) < 4.78 is 56.5. The molecule has 1 amide bonds. The van der Waals surface area contributed by atoms with E-state index in [4.69, 9.17) is 18.7 Å². The minimum absolute atomic E-state index is 0.00653. The molecular weight excluding hydrogens is 702 g/mol.